The summed E-state index contributed by atoms with van der Waals surface area (Å²) in [6.07, 6.45) is 3.84. The lowest BCUT2D eigenvalue weighted by atomic mass is 9.91. The number of benzene rings is 1. The summed E-state index contributed by atoms with van der Waals surface area (Å²) in [5.41, 5.74) is 3.17. The molecule has 0 radical (unpaired) electrons. The maximum Gasteiger partial charge on any atom is 0.177 e. The largest absolute Gasteiger partial charge is 0.371 e. The zero-order valence-corrected chi connectivity index (χ0v) is 16.9. The highest BCUT2D eigenvalue weighted by Gasteiger charge is 2.49. The molecule has 1 saturated carbocycles. The average molecular weight is 415 g/mol. The number of fused-ring (bicyclic) bond motifs is 1. The Morgan fingerprint density at radius 2 is 1.79 bits per heavy atom. The first-order chi connectivity index (χ1) is 13.6. The number of aromatic nitrogens is 4. The standard InChI is InChI=1S/C20H20Cl2N6/c1-14(20(6-7-20)15-2-3-16(21)17(22)12-15)26-8-10-27(11-9-26)19-5-4-18-24-23-13-28(18)25-19/h2-5,12-13H,1,6-11H2. The van der Waals surface area contributed by atoms with Gasteiger partial charge in [-0.05, 0) is 42.7 Å². The summed E-state index contributed by atoms with van der Waals surface area (Å²) in [6, 6.07) is 9.92. The Labute approximate surface area is 173 Å². The van der Waals surface area contributed by atoms with E-state index in [0.29, 0.717) is 10.0 Å². The van der Waals surface area contributed by atoms with Crippen LogP contribution in [-0.4, -0.2) is 50.9 Å². The van der Waals surface area contributed by atoms with Gasteiger partial charge in [0, 0.05) is 37.3 Å². The number of piperazine rings is 1. The Kier molecular flexibility index (Phi) is 4.21. The number of hydrogen-bond acceptors (Lipinski definition) is 5. The van der Waals surface area contributed by atoms with Crippen molar-refractivity contribution >= 4 is 34.7 Å². The highest BCUT2D eigenvalue weighted by atomic mass is 35.5. The molecule has 1 aliphatic carbocycles. The van der Waals surface area contributed by atoms with Gasteiger partial charge in [0.25, 0.3) is 0 Å². The zero-order chi connectivity index (χ0) is 19.3. The van der Waals surface area contributed by atoms with Crippen molar-refractivity contribution in [2.45, 2.75) is 18.3 Å². The molecule has 0 bridgehead atoms. The van der Waals surface area contributed by atoms with Gasteiger partial charge in [-0.25, -0.2) is 0 Å². The van der Waals surface area contributed by atoms with E-state index in [2.05, 4.69) is 37.7 Å². The van der Waals surface area contributed by atoms with Crippen molar-refractivity contribution in [3.05, 3.63) is 64.5 Å². The fourth-order valence-electron chi connectivity index (χ4n) is 4.06. The average Bonchev–Trinajstić information content (AvgIpc) is 3.40. The molecule has 3 aromatic rings. The Bertz CT molecular complexity index is 1050. The molecule has 2 aliphatic rings. The van der Waals surface area contributed by atoms with E-state index in [0.717, 1.165) is 50.5 Å². The molecule has 2 fully saturated rings. The minimum atomic E-state index is 0.00996. The lowest BCUT2D eigenvalue weighted by molar-refractivity contribution is 0.298. The first-order valence-corrected chi connectivity index (χ1v) is 10.1. The van der Waals surface area contributed by atoms with Gasteiger partial charge in [-0.3, -0.25) is 0 Å². The second kappa shape index (κ2) is 6.64. The van der Waals surface area contributed by atoms with Crippen LogP contribution in [0.15, 0.2) is 48.9 Å². The third-order valence-electron chi connectivity index (χ3n) is 5.91. The predicted octanol–water partition coefficient (Wildman–Crippen LogP) is 3.80. The summed E-state index contributed by atoms with van der Waals surface area (Å²) in [5.74, 6) is 0.947. The summed E-state index contributed by atoms with van der Waals surface area (Å²) >= 11 is 12.4. The normalized spacial score (nSPS) is 18.5. The topological polar surface area (TPSA) is 49.6 Å². The molecule has 2 aromatic heterocycles. The first-order valence-electron chi connectivity index (χ1n) is 9.39. The van der Waals surface area contributed by atoms with E-state index in [1.807, 2.05) is 24.3 Å². The summed E-state index contributed by atoms with van der Waals surface area (Å²) in [4.78, 5) is 4.70. The Morgan fingerprint density at radius 3 is 2.50 bits per heavy atom. The lowest BCUT2D eigenvalue weighted by Gasteiger charge is -2.40. The molecule has 0 amide bonds. The summed E-state index contributed by atoms with van der Waals surface area (Å²) < 4.78 is 1.71. The smallest absolute Gasteiger partial charge is 0.177 e. The van der Waals surface area contributed by atoms with Gasteiger partial charge in [0.15, 0.2) is 5.65 Å². The maximum absolute atomic E-state index is 6.26. The van der Waals surface area contributed by atoms with Crippen molar-refractivity contribution in [1.29, 1.82) is 0 Å². The fraction of sp³-hybridized carbons (Fsp3) is 0.350. The van der Waals surface area contributed by atoms with Crippen LogP contribution in [0.1, 0.15) is 18.4 Å². The van der Waals surface area contributed by atoms with Gasteiger partial charge in [-0.15, -0.1) is 15.3 Å². The number of allylic oxidation sites excluding steroid dienone is 1. The van der Waals surface area contributed by atoms with Gasteiger partial charge in [0.1, 0.15) is 12.1 Å². The van der Waals surface area contributed by atoms with Crippen molar-refractivity contribution in [3.63, 3.8) is 0 Å². The second-order valence-electron chi connectivity index (χ2n) is 7.46. The van der Waals surface area contributed by atoms with Gasteiger partial charge in [0.2, 0.25) is 0 Å². The van der Waals surface area contributed by atoms with Crippen molar-refractivity contribution in [3.8, 4) is 0 Å². The van der Waals surface area contributed by atoms with E-state index in [-0.39, 0.29) is 5.41 Å². The molecule has 5 rings (SSSR count). The molecular weight excluding hydrogens is 395 g/mol. The molecule has 1 saturated heterocycles. The molecule has 8 heteroatoms. The summed E-state index contributed by atoms with van der Waals surface area (Å²) in [7, 11) is 0. The Morgan fingerprint density at radius 1 is 1.00 bits per heavy atom. The van der Waals surface area contributed by atoms with Gasteiger partial charge in [0.05, 0.1) is 10.0 Å². The Balaban J connectivity index is 1.29. The number of anilines is 1. The van der Waals surface area contributed by atoms with Gasteiger partial charge in [-0.1, -0.05) is 35.8 Å². The Hall–Kier alpha value is -2.31. The van der Waals surface area contributed by atoms with Crippen LogP contribution in [0.5, 0.6) is 0 Å². The summed E-state index contributed by atoms with van der Waals surface area (Å²) in [6.45, 7) is 8.11. The van der Waals surface area contributed by atoms with Crippen LogP contribution in [0.3, 0.4) is 0 Å². The third kappa shape index (κ3) is 2.91. The first kappa shape index (κ1) is 17.8. The molecule has 3 heterocycles. The maximum atomic E-state index is 6.26. The number of halogens is 2. The lowest BCUT2D eigenvalue weighted by Crippen LogP contribution is -2.47. The van der Waals surface area contributed by atoms with Crippen molar-refractivity contribution in [1.82, 2.24) is 24.7 Å². The SMILES string of the molecule is C=C(N1CCN(c2ccc3nncn3n2)CC1)C1(c2ccc(Cl)c(Cl)c2)CC1. The minimum Gasteiger partial charge on any atom is -0.371 e. The van der Waals surface area contributed by atoms with Gasteiger partial charge < -0.3 is 9.80 Å². The van der Waals surface area contributed by atoms with Crippen molar-refractivity contribution < 1.29 is 0 Å². The molecule has 144 valence electrons. The molecule has 0 unspecified atom stereocenters. The van der Waals surface area contributed by atoms with E-state index >= 15 is 0 Å². The molecule has 1 aliphatic heterocycles. The highest BCUT2D eigenvalue weighted by molar-refractivity contribution is 6.42. The molecule has 0 N–H and O–H groups in total. The van der Waals surface area contributed by atoms with Crippen LogP contribution >= 0.6 is 23.2 Å². The van der Waals surface area contributed by atoms with Crippen molar-refractivity contribution in [2.75, 3.05) is 31.1 Å². The minimum absolute atomic E-state index is 0.00996. The molecular formula is C20H20Cl2N6. The molecule has 0 atom stereocenters. The predicted molar refractivity (Wildman–Crippen MR) is 111 cm³/mol. The fourth-order valence-corrected chi connectivity index (χ4v) is 4.36. The molecule has 1 aromatic carbocycles. The van der Waals surface area contributed by atoms with Crippen LogP contribution in [0.4, 0.5) is 5.82 Å². The summed E-state index contributed by atoms with van der Waals surface area (Å²) in [5, 5.41) is 13.7. The van der Waals surface area contributed by atoms with Gasteiger partial charge >= 0.3 is 0 Å². The molecule has 28 heavy (non-hydrogen) atoms. The second-order valence-corrected chi connectivity index (χ2v) is 8.27. The van der Waals surface area contributed by atoms with Crippen LogP contribution in [0, 0.1) is 0 Å². The van der Waals surface area contributed by atoms with E-state index in [1.54, 1.807) is 10.8 Å². The van der Waals surface area contributed by atoms with Crippen LogP contribution in [0.2, 0.25) is 10.0 Å². The third-order valence-corrected chi connectivity index (χ3v) is 6.65. The zero-order valence-electron chi connectivity index (χ0n) is 15.4. The number of hydrogen-bond donors (Lipinski definition) is 0. The number of nitrogens with zero attached hydrogens (tertiary/aromatic N) is 6. The van der Waals surface area contributed by atoms with E-state index in [1.165, 1.54) is 11.3 Å². The van der Waals surface area contributed by atoms with E-state index in [4.69, 9.17) is 23.2 Å². The van der Waals surface area contributed by atoms with Crippen LogP contribution in [0.25, 0.3) is 5.65 Å². The number of rotatable bonds is 4. The molecule has 6 nitrogen and oxygen atoms in total. The van der Waals surface area contributed by atoms with Crippen LogP contribution in [-0.2, 0) is 5.41 Å². The van der Waals surface area contributed by atoms with E-state index in [9.17, 15) is 0 Å². The van der Waals surface area contributed by atoms with Gasteiger partial charge in [-0.2, -0.15) is 4.52 Å². The quantitative estimate of drug-likeness (QED) is 0.649. The monoisotopic (exact) mass is 414 g/mol. The van der Waals surface area contributed by atoms with Crippen LogP contribution < -0.4 is 4.90 Å². The molecule has 0 spiro atoms. The van der Waals surface area contributed by atoms with E-state index < -0.39 is 0 Å². The highest BCUT2D eigenvalue weighted by Crippen LogP contribution is 2.55. The van der Waals surface area contributed by atoms with Crippen molar-refractivity contribution in [2.24, 2.45) is 0 Å².